The minimum Gasteiger partial charge on any atom is -0.460 e. The standard InChI is InChI=1S/C15H21NO2/c1-10-6-11(2)14(12(3)7-10)9-18-15(17)8-16-13-4-5-13/h6-7,13,16H,4-5,8-9H2,1-3H3. The molecular formula is C15H21NO2. The Morgan fingerprint density at radius 3 is 2.44 bits per heavy atom. The fourth-order valence-corrected chi connectivity index (χ4v) is 2.16. The molecular weight excluding hydrogens is 226 g/mol. The smallest absolute Gasteiger partial charge is 0.320 e. The predicted molar refractivity (Wildman–Crippen MR) is 71.5 cm³/mol. The summed E-state index contributed by atoms with van der Waals surface area (Å²) in [5, 5.41) is 3.16. The van der Waals surface area contributed by atoms with Gasteiger partial charge in [0.1, 0.15) is 6.61 Å². The van der Waals surface area contributed by atoms with Crippen molar-refractivity contribution >= 4 is 5.97 Å². The first-order chi connectivity index (χ1) is 8.56. The van der Waals surface area contributed by atoms with E-state index >= 15 is 0 Å². The second kappa shape index (κ2) is 5.53. The number of benzene rings is 1. The highest BCUT2D eigenvalue weighted by atomic mass is 16.5. The fraction of sp³-hybridized carbons (Fsp3) is 0.533. The third-order valence-corrected chi connectivity index (χ3v) is 3.33. The molecule has 0 aliphatic heterocycles. The SMILES string of the molecule is Cc1cc(C)c(COC(=O)CNC2CC2)c(C)c1. The summed E-state index contributed by atoms with van der Waals surface area (Å²) in [6.45, 7) is 6.91. The van der Waals surface area contributed by atoms with Crippen LogP contribution in [0.3, 0.4) is 0 Å². The van der Waals surface area contributed by atoms with Crippen LogP contribution in [0, 0.1) is 20.8 Å². The minimum absolute atomic E-state index is 0.165. The van der Waals surface area contributed by atoms with Gasteiger partial charge in [-0.15, -0.1) is 0 Å². The molecule has 0 saturated heterocycles. The first kappa shape index (κ1) is 13.1. The zero-order chi connectivity index (χ0) is 13.1. The summed E-state index contributed by atoms with van der Waals surface area (Å²) < 4.78 is 5.31. The van der Waals surface area contributed by atoms with Crippen molar-refractivity contribution < 1.29 is 9.53 Å². The number of carbonyl (C=O) groups is 1. The number of aryl methyl sites for hydroxylation is 3. The summed E-state index contributed by atoms with van der Waals surface area (Å²) >= 11 is 0. The zero-order valence-corrected chi connectivity index (χ0v) is 11.4. The lowest BCUT2D eigenvalue weighted by Gasteiger charge is -2.12. The molecule has 0 bridgehead atoms. The molecule has 0 spiro atoms. The van der Waals surface area contributed by atoms with Crippen molar-refractivity contribution in [3.05, 3.63) is 34.4 Å². The quantitative estimate of drug-likeness (QED) is 0.812. The molecule has 1 aromatic carbocycles. The van der Waals surface area contributed by atoms with Gasteiger partial charge in [0.25, 0.3) is 0 Å². The third kappa shape index (κ3) is 3.57. The molecule has 98 valence electrons. The average molecular weight is 247 g/mol. The van der Waals surface area contributed by atoms with Crippen molar-refractivity contribution in [2.45, 2.75) is 46.3 Å². The highest BCUT2D eigenvalue weighted by Crippen LogP contribution is 2.19. The van der Waals surface area contributed by atoms with Crippen molar-refractivity contribution in [2.24, 2.45) is 0 Å². The van der Waals surface area contributed by atoms with Gasteiger partial charge in [-0.05, 0) is 50.3 Å². The number of rotatable bonds is 5. The first-order valence-electron chi connectivity index (χ1n) is 6.52. The molecule has 18 heavy (non-hydrogen) atoms. The Kier molecular flexibility index (Phi) is 4.02. The van der Waals surface area contributed by atoms with Crippen LogP contribution in [-0.4, -0.2) is 18.6 Å². The van der Waals surface area contributed by atoms with E-state index in [0.29, 0.717) is 19.2 Å². The molecule has 0 atom stereocenters. The predicted octanol–water partition coefficient (Wildman–Crippen LogP) is 2.41. The average Bonchev–Trinajstić information content (AvgIpc) is 3.08. The van der Waals surface area contributed by atoms with E-state index in [-0.39, 0.29) is 5.97 Å². The number of carbonyl (C=O) groups excluding carboxylic acids is 1. The van der Waals surface area contributed by atoms with Gasteiger partial charge in [-0.25, -0.2) is 0 Å². The van der Waals surface area contributed by atoms with Crippen LogP contribution in [0.4, 0.5) is 0 Å². The molecule has 1 aromatic rings. The monoisotopic (exact) mass is 247 g/mol. The van der Waals surface area contributed by atoms with Gasteiger partial charge < -0.3 is 10.1 Å². The normalized spacial score (nSPS) is 14.6. The molecule has 1 aliphatic carbocycles. The Morgan fingerprint density at radius 2 is 1.89 bits per heavy atom. The van der Waals surface area contributed by atoms with Gasteiger partial charge in [-0.2, -0.15) is 0 Å². The number of hydrogen-bond donors (Lipinski definition) is 1. The topological polar surface area (TPSA) is 38.3 Å². The molecule has 1 fully saturated rings. The fourth-order valence-electron chi connectivity index (χ4n) is 2.16. The van der Waals surface area contributed by atoms with E-state index in [9.17, 15) is 4.79 Å². The van der Waals surface area contributed by atoms with Crippen molar-refractivity contribution in [3.8, 4) is 0 Å². The maximum absolute atomic E-state index is 11.6. The summed E-state index contributed by atoms with van der Waals surface area (Å²) in [4.78, 5) is 11.6. The van der Waals surface area contributed by atoms with E-state index in [2.05, 4.69) is 38.2 Å². The summed E-state index contributed by atoms with van der Waals surface area (Å²) in [6.07, 6.45) is 2.37. The Bertz CT molecular complexity index is 427. The lowest BCUT2D eigenvalue weighted by Crippen LogP contribution is -2.26. The third-order valence-electron chi connectivity index (χ3n) is 3.33. The van der Waals surface area contributed by atoms with Crippen LogP contribution >= 0.6 is 0 Å². The van der Waals surface area contributed by atoms with Crippen LogP contribution < -0.4 is 5.32 Å². The van der Waals surface area contributed by atoms with E-state index in [0.717, 1.165) is 5.56 Å². The molecule has 0 radical (unpaired) electrons. The first-order valence-corrected chi connectivity index (χ1v) is 6.52. The molecule has 0 aromatic heterocycles. The summed E-state index contributed by atoms with van der Waals surface area (Å²) in [5.41, 5.74) is 4.75. The number of esters is 1. The highest BCUT2D eigenvalue weighted by molar-refractivity contribution is 5.71. The molecule has 0 unspecified atom stereocenters. The Labute approximate surface area is 109 Å². The van der Waals surface area contributed by atoms with E-state index in [4.69, 9.17) is 4.74 Å². The van der Waals surface area contributed by atoms with Crippen LogP contribution in [0.1, 0.15) is 35.1 Å². The molecule has 1 aliphatic rings. The number of ether oxygens (including phenoxy) is 1. The Hall–Kier alpha value is -1.35. The maximum atomic E-state index is 11.6. The van der Waals surface area contributed by atoms with Gasteiger partial charge in [0.05, 0.1) is 6.54 Å². The van der Waals surface area contributed by atoms with Gasteiger partial charge >= 0.3 is 5.97 Å². The summed E-state index contributed by atoms with van der Waals surface area (Å²) in [6, 6.07) is 4.79. The van der Waals surface area contributed by atoms with Crippen molar-refractivity contribution in [2.75, 3.05) is 6.54 Å². The zero-order valence-electron chi connectivity index (χ0n) is 11.4. The van der Waals surface area contributed by atoms with Gasteiger partial charge in [0, 0.05) is 6.04 Å². The second-order valence-electron chi connectivity index (χ2n) is 5.19. The van der Waals surface area contributed by atoms with E-state index in [1.807, 2.05) is 0 Å². The van der Waals surface area contributed by atoms with Crippen LogP contribution in [0.15, 0.2) is 12.1 Å². The molecule has 3 nitrogen and oxygen atoms in total. The summed E-state index contributed by atoms with van der Waals surface area (Å²) in [5.74, 6) is -0.165. The van der Waals surface area contributed by atoms with Crippen molar-refractivity contribution in [1.29, 1.82) is 0 Å². The molecule has 3 heteroatoms. The lowest BCUT2D eigenvalue weighted by molar-refractivity contribution is -0.143. The van der Waals surface area contributed by atoms with Crippen molar-refractivity contribution in [3.63, 3.8) is 0 Å². The summed E-state index contributed by atoms with van der Waals surface area (Å²) in [7, 11) is 0. The van der Waals surface area contributed by atoms with E-state index < -0.39 is 0 Å². The number of nitrogens with one attached hydrogen (secondary N) is 1. The second-order valence-corrected chi connectivity index (χ2v) is 5.19. The molecule has 1 saturated carbocycles. The van der Waals surface area contributed by atoms with Gasteiger partial charge in [-0.1, -0.05) is 17.7 Å². The van der Waals surface area contributed by atoms with Gasteiger partial charge in [-0.3, -0.25) is 4.79 Å². The van der Waals surface area contributed by atoms with E-state index in [1.54, 1.807) is 0 Å². The minimum atomic E-state index is -0.165. The molecule has 2 rings (SSSR count). The van der Waals surface area contributed by atoms with Crippen LogP contribution in [0.2, 0.25) is 0 Å². The van der Waals surface area contributed by atoms with Crippen LogP contribution in [-0.2, 0) is 16.1 Å². The maximum Gasteiger partial charge on any atom is 0.320 e. The highest BCUT2D eigenvalue weighted by Gasteiger charge is 2.21. The van der Waals surface area contributed by atoms with E-state index in [1.165, 1.54) is 29.5 Å². The largest absolute Gasteiger partial charge is 0.460 e. The molecule has 0 heterocycles. The Morgan fingerprint density at radius 1 is 1.28 bits per heavy atom. The molecule has 0 amide bonds. The van der Waals surface area contributed by atoms with Crippen LogP contribution in [0.25, 0.3) is 0 Å². The van der Waals surface area contributed by atoms with Gasteiger partial charge in [0.15, 0.2) is 0 Å². The van der Waals surface area contributed by atoms with Crippen LogP contribution in [0.5, 0.6) is 0 Å². The van der Waals surface area contributed by atoms with Crippen molar-refractivity contribution in [1.82, 2.24) is 5.32 Å². The number of hydrogen-bond acceptors (Lipinski definition) is 3. The lowest BCUT2D eigenvalue weighted by atomic mass is 10.0. The Balaban J connectivity index is 1.86. The molecule has 1 N–H and O–H groups in total. The van der Waals surface area contributed by atoms with Gasteiger partial charge in [0.2, 0.25) is 0 Å².